The number of hydrogen-bond acceptors (Lipinski definition) is 8. The molecule has 11 heteroatoms. The summed E-state index contributed by atoms with van der Waals surface area (Å²) in [5.74, 6) is -0.949. The van der Waals surface area contributed by atoms with Crippen molar-refractivity contribution in [2.24, 2.45) is 4.36 Å². The van der Waals surface area contributed by atoms with Crippen LogP contribution < -0.4 is 10.1 Å². The Bertz CT molecular complexity index is 1310. The van der Waals surface area contributed by atoms with Gasteiger partial charge in [0.25, 0.3) is 0 Å². The Morgan fingerprint density at radius 1 is 1.24 bits per heavy atom. The van der Waals surface area contributed by atoms with Crippen molar-refractivity contribution in [3.05, 3.63) is 48.3 Å². The summed E-state index contributed by atoms with van der Waals surface area (Å²) in [5, 5.41) is 12.8. The van der Waals surface area contributed by atoms with E-state index in [9.17, 15) is 13.7 Å². The van der Waals surface area contributed by atoms with Crippen LogP contribution in [0.5, 0.6) is 5.75 Å². The Hall–Kier alpha value is -2.89. The average molecular weight is 479 g/mol. The zero-order chi connectivity index (χ0) is 23.8. The van der Waals surface area contributed by atoms with Gasteiger partial charge in [0, 0.05) is 23.6 Å². The highest BCUT2D eigenvalue weighted by Gasteiger charge is 2.29. The number of hydrogen-bond donors (Lipinski definition) is 2. The first-order valence-electron chi connectivity index (χ1n) is 10.3. The Balaban J connectivity index is 1.72. The molecule has 4 rings (SSSR count). The van der Waals surface area contributed by atoms with Gasteiger partial charge in [-0.05, 0) is 18.2 Å². The quantitative estimate of drug-likeness (QED) is 0.553. The minimum atomic E-state index is -2.55. The lowest BCUT2D eigenvalue weighted by Crippen LogP contribution is -2.30. The van der Waals surface area contributed by atoms with Crippen molar-refractivity contribution in [1.29, 1.82) is 0 Å². The maximum absolute atomic E-state index is 15.1. The number of aliphatic hydroxyl groups is 1. The van der Waals surface area contributed by atoms with E-state index < -0.39 is 33.6 Å². The molecule has 1 fully saturated rings. The number of anilines is 2. The second-order valence-electron chi connectivity index (χ2n) is 8.07. The van der Waals surface area contributed by atoms with E-state index in [0.717, 1.165) is 6.07 Å². The van der Waals surface area contributed by atoms with E-state index in [2.05, 4.69) is 19.6 Å². The van der Waals surface area contributed by atoms with Gasteiger partial charge in [-0.2, -0.15) is 4.36 Å². The molecular formula is C22H24F2N4O4S. The highest BCUT2D eigenvalue weighted by molar-refractivity contribution is 7.93. The van der Waals surface area contributed by atoms with E-state index in [1.54, 1.807) is 13.8 Å². The fraction of sp³-hybridized carbons (Fsp3) is 0.364. The summed E-state index contributed by atoms with van der Waals surface area (Å²) in [6, 6.07) is 6.52. The molecular weight excluding hydrogens is 454 g/mol. The van der Waals surface area contributed by atoms with Crippen LogP contribution in [0.3, 0.4) is 0 Å². The Kier molecular flexibility index (Phi) is 6.46. The Labute approximate surface area is 190 Å². The van der Waals surface area contributed by atoms with Gasteiger partial charge >= 0.3 is 0 Å². The molecule has 0 spiro atoms. The third kappa shape index (κ3) is 5.05. The van der Waals surface area contributed by atoms with E-state index in [1.165, 1.54) is 36.8 Å². The van der Waals surface area contributed by atoms with E-state index in [0.29, 0.717) is 5.69 Å². The van der Waals surface area contributed by atoms with Crippen LogP contribution in [-0.4, -0.2) is 56.2 Å². The van der Waals surface area contributed by atoms with Gasteiger partial charge in [-0.3, -0.25) is 0 Å². The lowest BCUT2D eigenvalue weighted by molar-refractivity contribution is 0.0736. The molecule has 1 aromatic heterocycles. The van der Waals surface area contributed by atoms with Crippen LogP contribution >= 0.6 is 0 Å². The van der Waals surface area contributed by atoms with Crippen LogP contribution in [0.15, 0.2) is 41.0 Å². The van der Waals surface area contributed by atoms with Gasteiger partial charge in [-0.25, -0.2) is 23.0 Å². The molecule has 33 heavy (non-hydrogen) atoms. The molecule has 2 aromatic carbocycles. The minimum Gasteiger partial charge on any atom is -0.483 e. The van der Waals surface area contributed by atoms with Crippen molar-refractivity contribution in [2.45, 2.75) is 31.3 Å². The average Bonchev–Trinajstić information content (AvgIpc) is 3.14. The molecule has 1 aliphatic heterocycles. The third-order valence-corrected chi connectivity index (χ3v) is 7.63. The van der Waals surface area contributed by atoms with Crippen LogP contribution in [0, 0.1) is 11.6 Å². The summed E-state index contributed by atoms with van der Waals surface area (Å²) in [7, 11) is -2.55. The zero-order valence-corrected chi connectivity index (χ0v) is 19.1. The number of aromatic nitrogens is 2. The Morgan fingerprint density at radius 3 is 2.73 bits per heavy atom. The fourth-order valence-corrected chi connectivity index (χ4v) is 3.95. The molecule has 1 saturated heterocycles. The number of ether oxygens (including phenoxy) is 2. The van der Waals surface area contributed by atoms with E-state index >= 15 is 4.39 Å². The normalized spacial score (nSPS) is 20.1. The van der Waals surface area contributed by atoms with Crippen LogP contribution in [0.1, 0.15) is 13.8 Å². The smallest absolute Gasteiger partial charge is 0.150 e. The predicted octanol–water partition coefficient (Wildman–Crippen LogP) is 3.93. The van der Waals surface area contributed by atoms with Crippen molar-refractivity contribution in [2.75, 3.05) is 24.8 Å². The molecule has 8 nitrogen and oxygen atoms in total. The molecule has 3 aromatic rings. The SMILES string of the molecule is CC(C)S(C)(=O)=Nc1cc(F)c2c(Nc3ccc(F)cc3O[C@@H]3COC[C@@H]3O)ncnc2c1. The molecule has 0 amide bonds. The summed E-state index contributed by atoms with van der Waals surface area (Å²) in [6.07, 6.45) is 1.26. The molecule has 0 saturated carbocycles. The number of benzene rings is 2. The second-order valence-corrected chi connectivity index (χ2v) is 10.9. The molecule has 1 aliphatic rings. The van der Waals surface area contributed by atoms with Gasteiger partial charge in [0.05, 0.1) is 45.2 Å². The number of halogens is 2. The van der Waals surface area contributed by atoms with Crippen molar-refractivity contribution >= 4 is 37.8 Å². The van der Waals surface area contributed by atoms with Gasteiger partial charge in [-0.1, -0.05) is 13.8 Å². The molecule has 0 aliphatic carbocycles. The number of nitrogens with one attached hydrogen (secondary N) is 1. The number of fused-ring (bicyclic) bond motifs is 1. The van der Waals surface area contributed by atoms with Gasteiger partial charge in [0.2, 0.25) is 0 Å². The maximum Gasteiger partial charge on any atom is 0.150 e. The van der Waals surface area contributed by atoms with Gasteiger partial charge in [0.1, 0.15) is 35.6 Å². The molecule has 2 N–H and O–H groups in total. The van der Waals surface area contributed by atoms with Crippen molar-refractivity contribution < 1.29 is 27.6 Å². The second kappa shape index (κ2) is 9.16. The topological polar surface area (TPSA) is 106 Å². The van der Waals surface area contributed by atoms with Crippen molar-refractivity contribution in [3.8, 4) is 5.75 Å². The first-order valence-corrected chi connectivity index (χ1v) is 12.3. The van der Waals surface area contributed by atoms with Crippen LogP contribution in [0.4, 0.5) is 26.0 Å². The first kappa shape index (κ1) is 23.3. The summed E-state index contributed by atoms with van der Waals surface area (Å²) in [4.78, 5) is 8.26. The summed E-state index contributed by atoms with van der Waals surface area (Å²) < 4.78 is 56.8. The monoisotopic (exact) mass is 478 g/mol. The maximum atomic E-state index is 15.1. The summed E-state index contributed by atoms with van der Waals surface area (Å²) in [5.41, 5.74) is 0.793. The molecule has 3 atom stereocenters. The van der Waals surface area contributed by atoms with Gasteiger partial charge < -0.3 is 19.9 Å². The van der Waals surface area contributed by atoms with E-state index in [1.807, 2.05) is 0 Å². The number of nitrogens with zero attached hydrogens (tertiary/aromatic N) is 3. The minimum absolute atomic E-state index is 0.0862. The third-order valence-electron chi connectivity index (χ3n) is 5.31. The Morgan fingerprint density at radius 2 is 2.03 bits per heavy atom. The number of rotatable bonds is 6. The molecule has 176 valence electrons. The van der Waals surface area contributed by atoms with Crippen LogP contribution in [0.2, 0.25) is 0 Å². The van der Waals surface area contributed by atoms with Crippen LogP contribution in [-0.2, 0) is 14.5 Å². The number of aliphatic hydroxyl groups excluding tert-OH is 1. The van der Waals surface area contributed by atoms with E-state index in [-0.39, 0.29) is 46.6 Å². The highest BCUT2D eigenvalue weighted by atomic mass is 32.2. The van der Waals surface area contributed by atoms with E-state index in [4.69, 9.17) is 9.47 Å². The van der Waals surface area contributed by atoms with Crippen LogP contribution in [0.25, 0.3) is 10.9 Å². The highest BCUT2D eigenvalue weighted by Crippen LogP contribution is 2.34. The summed E-state index contributed by atoms with van der Waals surface area (Å²) in [6.45, 7) is 3.85. The van der Waals surface area contributed by atoms with Gasteiger partial charge in [0.15, 0.2) is 6.10 Å². The summed E-state index contributed by atoms with van der Waals surface area (Å²) >= 11 is 0. The molecule has 1 unspecified atom stereocenters. The largest absolute Gasteiger partial charge is 0.483 e. The lowest BCUT2D eigenvalue weighted by atomic mass is 10.2. The molecule has 2 heterocycles. The predicted molar refractivity (Wildman–Crippen MR) is 122 cm³/mol. The molecule has 0 radical (unpaired) electrons. The first-order chi connectivity index (χ1) is 15.6. The van der Waals surface area contributed by atoms with Gasteiger partial charge in [-0.15, -0.1) is 0 Å². The molecule has 0 bridgehead atoms. The van der Waals surface area contributed by atoms with Crippen molar-refractivity contribution in [1.82, 2.24) is 9.97 Å². The lowest BCUT2D eigenvalue weighted by Gasteiger charge is -2.19. The van der Waals surface area contributed by atoms with Crippen molar-refractivity contribution in [3.63, 3.8) is 0 Å². The standard InChI is InChI=1S/C22H24F2N4O4S/c1-12(2)33(3,30)28-14-7-15(24)21-17(8-14)25-11-26-22(21)27-16-5-4-13(23)6-19(16)32-20-10-31-9-18(20)29/h4-8,11-12,18,20,29H,9-10H2,1-3H3,(H,25,26,27)/t18-,20+,33?/m0/s1. The fourth-order valence-electron chi connectivity index (χ4n) is 3.21. The zero-order valence-electron chi connectivity index (χ0n) is 18.3.